The van der Waals surface area contributed by atoms with E-state index in [1.165, 1.54) is 64.0 Å². The van der Waals surface area contributed by atoms with E-state index in [0.717, 1.165) is 29.3 Å². The Balaban J connectivity index is 0.000000156. The number of hydrogen-bond acceptors (Lipinski definition) is 15. The number of methoxy groups -OCH3 is 3. The Kier molecular flexibility index (Phi) is 27.1. The van der Waals surface area contributed by atoms with E-state index in [9.17, 15) is 53.9 Å². The van der Waals surface area contributed by atoms with Crippen molar-refractivity contribution in [3.63, 3.8) is 0 Å². The number of carbonyl (C=O) groups excluding carboxylic acids is 3. The van der Waals surface area contributed by atoms with E-state index < -0.39 is 82.5 Å². The van der Waals surface area contributed by atoms with Gasteiger partial charge in [-0.2, -0.15) is 30.6 Å². The summed E-state index contributed by atoms with van der Waals surface area (Å²) in [5.74, 6) is -6.71. The van der Waals surface area contributed by atoms with Crippen molar-refractivity contribution < 1.29 is 68.1 Å². The fourth-order valence-electron chi connectivity index (χ4n) is 15.2. The predicted octanol–water partition coefficient (Wildman–Crippen LogP) is 12.7. The van der Waals surface area contributed by atoms with Crippen LogP contribution in [0.15, 0.2) is 165 Å². The van der Waals surface area contributed by atoms with E-state index in [1.54, 1.807) is 154 Å². The fourth-order valence-corrected chi connectivity index (χ4v) is 15.2. The largest absolute Gasteiger partial charge is 0.383 e. The SMILES string of the molecule is COCCN1C[C@@H](NC(=O)Nc2c(C)c(-c3cnn(C)c3)nn2-c2ccc(F)cc2)[C@H](c2ccc(F)c(F)c2)C1.COCCN1C[C@@H](NC(=O)Nc2c(C)c(-c3cnn(C)c3)nn2-c2cccc(F)c2)[C@H](c2ccc(F)c(F)c2)C1.COCCN1C[C@@H](NC(=O)Nc2c(C)c(-c3cnn(C)c3)nn2-c2ccccc2F)[C@H](c2ccc(F)c(F)c2)C1. The number of aromatic nitrogens is 12. The van der Waals surface area contributed by atoms with Gasteiger partial charge < -0.3 is 30.2 Å². The highest BCUT2D eigenvalue weighted by Crippen LogP contribution is 2.38. The summed E-state index contributed by atoms with van der Waals surface area (Å²) in [6.45, 7) is 11.8. The van der Waals surface area contributed by atoms with Gasteiger partial charge in [-0.25, -0.2) is 67.9 Å². The van der Waals surface area contributed by atoms with Crippen LogP contribution in [0.1, 0.15) is 51.1 Å². The summed E-state index contributed by atoms with van der Waals surface area (Å²) in [6.07, 6.45) is 10.4. The first kappa shape index (κ1) is 85.4. The lowest BCUT2D eigenvalue weighted by Crippen LogP contribution is -2.42. The lowest BCUT2D eigenvalue weighted by molar-refractivity contribution is 0.159. The van der Waals surface area contributed by atoms with Crippen LogP contribution in [0, 0.1) is 73.1 Å². The minimum atomic E-state index is -0.941. The Morgan fingerprint density at radius 1 is 0.383 bits per heavy atom. The van der Waals surface area contributed by atoms with Gasteiger partial charge in [0.05, 0.1) is 67.9 Å². The smallest absolute Gasteiger partial charge is 0.320 e. The summed E-state index contributed by atoms with van der Waals surface area (Å²) in [5, 5.41) is 44.3. The topological polar surface area (TPSA) is 268 Å². The van der Waals surface area contributed by atoms with E-state index in [0.29, 0.717) is 164 Å². The van der Waals surface area contributed by atoms with Gasteiger partial charge in [-0.1, -0.05) is 36.4 Å². The average molecular weight is 1660 g/mol. The van der Waals surface area contributed by atoms with Crippen molar-refractivity contribution in [2.45, 2.75) is 56.7 Å². The van der Waals surface area contributed by atoms with Crippen LogP contribution >= 0.6 is 0 Å². The average Bonchev–Trinajstić information content (AvgIpc) is 1.63. The van der Waals surface area contributed by atoms with E-state index in [1.807, 2.05) is 20.0 Å². The summed E-state index contributed by atoms with van der Waals surface area (Å²) in [6, 6.07) is 26.5. The minimum absolute atomic E-state index is 0.169. The third kappa shape index (κ3) is 19.9. The zero-order valence-electron chi connectivity index (χ0n) is 67.1. The number of benzene rings is 6. The van der Waals surface area contributed by atoms with Crippen LogP contribution in [0.4, 0.5) is 71.4 Å². The standard InChI is InChI=1S/3C28H30F3N7O2/c1-17-26(19-13-32-36(2)14-19)35-38(21-7-5-20(29)6-8-21)27(17)34-28(39)33-25-16-37(10-11-40-3)15-22(25)18-4-9-23(30)24(31)12-18;1-17-26(19-13-32-36(2)14-19)35-38(21-6-4-5-20(29)12-21)27(17)34-28(39)33-25-16-37(9-10-40-3)15-22(25)18-7-8-23(30)24(31)11-18;1-17-26(19-13-32-36(2)14-19)35-38(25-7-5-4-6-22(25)30)27(17)34-28(39)33-24-16-37(10-11-40-3)15-20(24)18-8-9-21(29)23(31)12-18/h4-9,12-14,22,25H,10-11,15-16H2,1-3H3,(H2,33,34,39);4-8,11-14,22,25H,9-10,15-16H2,1-3H3,(H2,33,34,39);4-9,12-14,20,24H,10-11,15-16H2,1-3H3,(H2,33,34,39)/t2*22-,25+;20-,24+/m000/s1. The first-order chi connectivity index (χ1) is 57.7. The van der Waals surface area contributed by atoms with Gasteiger partial charge in [-0.05, 0) is 128 Å². The minimum Gasteiger partial charge on any atom is -0.383 e. The number of ether oxygens (including phenoxy) is 3. The first-order valence-corrected chi connectivity index (χ1v) is 38.5. The monoisotopic (exact) mass is 1660 g/mol. The third-order valence-electron chi connectivity index (χ3n) is 21.3. The van der Waals surface area contributed by atoms with Gasteiger partial charge in [0.1, 0.15) is 57.7 Å². The van der Waals surface area contributed by atoms with Gasteiger partial charge in [-0.15, -0.1) is 0 Å². The van der Waals surface area contributed by atoms with Crippen molar-refractivity contribution >= 4 is 35.5 Å². The lowest BCUT2D eigenvalue weighted by Gasteiger charge is -2.21. The summed E-state index contributed by atoms with van der Waals surface area (Å²) >= 11 is 0. The Bertz CT molecular complexity index is 5610. The van der Waals surface area contributed by atoms with Gasteiger partial charge in [0.2, 0.25) is 0 Å². The molecule has 9 heterocycles. The molecule has 3 aliphatic heterocycles. The maximum atomic E-state index is 14.8. The van der Waals surface area contributed by atoms with Crippen LogP contribution in [0.3, 0.4) is 0 Å². The number of nitrogens with one attached hydrogen (secondary N) is 6. The molecule has 12 aromatic rings. The highest BCUT2D eigenvalue weighted by Gasteiger charge is 2.39. The quantitative estimate of drug-likeness (QED) is 0.0307. The molecule has 6 atom stereocenters. The number of para-hydroxylation sites is 1. The molecular weight excluding hydrogens is 1570 g/mol. The molecule has 0 bridgehead atoms. The predicted molar refractivity (Wildman–Crippen MR) is 431 cm³/mol. The molecule has 630 valence electrons. The van der Waals surface area contributed by atoms with Crippen molar-refractivity contribution in [2.75, 3.05) is 116 Å². The molecule has 27 nitrogen and oxygen atoms in total. The van der Waals surface area contributed by atoms with E-state index >= 15 is 0 Å². The number of urea groups is 3. The van der Waals surface area contributed by atoms with Gasteiger partial charge >= 0.3 is 18.1 Å². The molecule has 6 amide bonds. The number of rotatable bonds is 24. The summed E-state index contributed by atoms with van der Waals surface area (Å²) in [7, 11) is 10.2. The molecule has 6 aromatic carbocycles. The Morgan fingerprint density at radius 3 is 1.08 bits per heavy atom. The molecule has 120 heavy (non-hydrogen) atoms. The molecule has 0 saturated carbocycles. The zero-order valence-corrected chi connectivity index (χ0v) is 67.1. The normalized spacial score (nSPS) is 17.4. The van der Waals surface area contributed by atoms with E-state index in [4.69, 9.17) is 19.3 Å². The molecule has 0 unspecified atom stereocenters. The highest BCUT2D eigenvalue weighted by molar-refractivity contribution is 5.93. The number of nitrogens with zero attached hydrogens (tertiary/aromatic N) is 15. The maximum absolute atomic E-state index is 14.8. The van der Waals surface area contributed by atoms with Crippen LogP contribution in [0.25, 0.3) is 50.8 Å². The number of hydrogen-bond donors (Lipinski definition) is 6. The zero-order chi connectivity index (χ0) is 85.2. The molecule has 3 fully saturated rings. The van der Waals surface area contributed by atoms with Gasteiger partial charge in [-0.3, -0.25) is 44.7 Å². The van der Waals surface area contributed by atoms with E-state index in [2.05, 4.69) is 72.1 Å². The molecule has 3 aliphatic rings. The van der Waals surface area contributed by atoms with Crippen molar-refractivity contribution in [1.82, 2.24) is 89.3 Å². The van der Waals surface area contributed by atoms with Crippen molar-refractivity contribution in [3.8, 4) is 50.8 Å². The van der Waals surface area contributed by atoms with Crippen LogP contribution in [0.2, 0.25) is 0 Å². The van der Waals surface area contributed by atoms with Crippen molar-refractivity contribution in [1.29, 1.82) is 0 Å². The summed E-state index contributed by atoms with van der Waals surface area (Å²) < 4.78 is 151. The molecule has 36 heteroatoms. The van der Waals surface area contributed by atoms with Gasteiger partial charge in [0, 0.05) is 171 Å². The van der Waals surface area contributed by atoms with Crippen LogP contribution < -0.4 is 31.9 Å². The van der Waals surface area contributed by atoms with Gasteiger partial charge in [0.25, 0.3) is 0 Å². The Hall–Kier alpha value is -12.5. The maximum Gasteiger partial charge on any atom is 0.320 e. The lowest BCUT2D eigenvalue weighted by atomic mass is 9.94. The highest BCUT2D eigenvalue weighted by atomic mass is 19.2. The molecular formula is C84H90F9N21O6. The first-order valence-electron chi connectivity index (χ1n) is 38.5. The van der Waals surface area contributed by atoms with Crippen LogP contribution in [-0.2, 0) is 35.4 Å². The number of amides is 6. The number of carbonyl (C=O) groups is 3. The summed E-state index contributed by atoms with van der Waals surface area (Å²) in [4.78, 5) is 46.5. The molecule has 0 radical (unpaired) electrons. The number of anilines is 3. The number of aryl methyl sites for hydroxylation is 3. The second kappa shape index (κ2) is 38.1. The molecule has 6 N–H and O–H groups in total. The molecule has 15 rings (SSSR count). The van der Waals surface area contributed by atoms with Crippen molar-refractivity contribution in [3.05, 3.63) is 250 Å². The fraction of sp³-hybridized carbons (Fsp3) is 0.321. The number of halogens is 9. The Labute approximate surface area is 685 Å². The number of likely N-dealkylation sites (tertiary alicyclic amines) is 3. The van der Waals surface area contributed by atoms with E-state index in [-0.39, 0.29) is 29.5 Å². The second-order valence-corrected chi connectivity index (χ2v) is 29.5. The van der Waals surface area contributed by atoms with Crippen LogP contribution in [-0.4, -0.2) is 210 Å². The van der Waals surface area contributed by atoms with Crippen LogP contribution in [0.5, 0.6) is 0 Å². The van der Waals surface area contributed by atoms with Crippen molar-refractivity contribution in [2.24, 2.45) is 21.1 Å². The second-order valence-electron chi connectivity index (χ2n) is 29.5. The molecule has 0 spiro atoms. The molecule has 6 aromatic heterocycles. The molecule has 0 aliphatic carbocycles. The molecule has 3 saturated heterocycles. The third-order valence-corrected chi connectivity index (χ3v) is 21.3. The van der Waals surface area contributed by atoms with Gasteiger partial charge in [0.15, 0.2) is 34.9 Å². The Morgan fingerprint density at radius 2 is 0.742 bits per heavy atom. The summed E-state index contributed by atoms with van der Waals surface area (Å²) in [5.41, 5.74) is 8.83.